The van der Waals surface area contributed by atoms with Crippen LogP contribution in [0.4, 0.5) is 0 Å². The first-order chi connectivity index (χ1) is 11.1. The van der Waals surface area contributed by atoms with Gasteiger partial charge in [-0.05, 0) is 13.3 Å². The molecular formula is C19H36N2O2. The molecule has 0 aromatic rings. The summed E-state index contributed by atoms with van der Waals surface area (Å²) >= 11 is 0. The molecule has 0 saturated heterocycles. The Balaban J connectivity index is 3.26. The fraction of sp³-hybridized carbons (Fsp3) is 0.789. The highest BCUT2D eigenvalue weighted by molar-refractivity contribution is 5.92. The van der Waals surface area contributed by atoms with Crippen LogP contribution >= 0.6 is 0 Å². The van der Waals surface area contributed by atoms with Gasteiger partial charge in [0.05, 0.1) is 0 Å². The third-order valence-corrected chi connectivity index (χ3v) is 3.88. The van der Waals surface area contributed by atoms with Crippen LogP contribution in [0, 0.1) is 0 Å². The molecule has 0 fully saturated rings. The van der Waals surface area contributed by atoms with Crippen LogP contribution in [0.25, 0.3) is 0 Å². The zero-order valence-corrected chi connectivity index (χ0v) is 15.2. The molecule has 4 nitrogen and oxygen atoms in total. The summed E-state index contributed by atoms with van der Waals surface area (Å²) in [5, 5.41) is 5.55. The SMILES string of the molecule is C=C(C)C(=O)NCCC(=O)NCCCCCCCCCCCC. The first-order valence-corrected chi connectivity index (χ1v) is 9.28. The Labute approximate surface area is 142 Å². The van der Waals surface area contributed by atoms with E-state index in [2.05, 4.69) is 24.1 Å². The number of unbranched alkanes of at least 4 members (excludes halogenated alkanes) is 9. The topological polar surface area (TPSA) is 58.2 Å². The molecule has 0 saturated carbocycles. The van der Waals surface area contributed by atoms with E-state index in [1.165, 1.54) is 57.8 Å². The first kappa shape index (κ1) is 21.7. The predicted octanol–water partition coefficient (Wildman–Crippen LogP) is 4.11. The molecule has 2 N–H and O–H groups in total. The number of amides is 2. The lowest BCUT2D eigenvalue weighted by molar-refractivity contribution is -0.121. The zero-order valence-electron chi connectivity index (χ0n) is 15.2. The minimum atomic E-state index is -0.188. The summed E-state index contributed by atoms with van der Waals surface area (Å²) in [4.78, 5) is 22.8. The summed E-state index contributed by atoms with van der Waals surface area (Å²) in [5.74, 6) is -0.185. The molecule has 0 bridgehead atoms. The van der Waals surface area contributed by atoms with Gasteiger partial charge in [-0.1, -0.05) is 71.3 Å². The Bertz CT molecular complexity index is 340. The molecular weight excluding hydrogens is 288 g/mol. The molecule has 0 spiro atoms. The fourth-order valence-corrected chi connectivity index (χ4v) is 2.37. The number of carbonyl (C=O) groups excluding carboxylic acids is 2. The average Bonchev–Trinajstić information content (AvgIpc) is 2.52. The molecule has 2 amide bonds. The van der Waals surface area contributed by atoms with Crippen molar-refractivity contribution in [3.05, 3.63) is 12.2 Å². The Morgan fingerprint density at radius 1 is 0.783 bits per heavy atom. The molecule has 0 atom stereocenters. The van der Waals surface area contributed by atoms with E-state index in [9.17, 15) is 9.59 Å². The van der Waals surface area contributed by atoms with Gasteiger partial charge < -0.3 is 10.6 Å². The van der Waals surface area contributed by atoms with Gasteiger partial charge in [-0.25, -0.2) is 0 Å². The first-order valence-electron chi connectivity index (χ1n) is 9.28. The van der Waals surface area contributed by atoms with E-state index in [-0.39, 0.29) is 11.8 Å². The maximum atomic E-state index is 11.6. The third-order valence-electron chi connectivity index (χ3n) is 3.88. The Kier molecular flexibility index (Phi) is 14.7. The van der Waals surface area contributed by atoms with Gasteiger partial charge in [0, 0.05) is 25.1 Å². The molecule has 0 aliphatic carbocycles. The van der Waals surface area contributed by atoms with Crippen LogP contribution in [0.2, 0.25) is 0 Å². The molecule has 0 radical (unpaired) electrons. The standard InChI is InChI=1S/C19H36N2O2/c1-4-5-6-7-8-9-10-11-12-13-15-20-18(22)14-16-21-19(23)17(2)3/h2,4-16H2,1,3H3,(H,20,22)(H,21,23). The summed E-state index contributed by atoms with van der Waals surface area (Å²) in [5.41, 5.74) is 0.468. The Morgan fingerprint density at radius 2 is 1.30 bits per heavy atom. The monoisotopic (exact) mass is 324 g/mol. The lowest BCUT2D eigenvalue weighted by atomic mass is 10.1. The van der Waals surface area contributed by atoms with Crippen LogP contribution in [-0.2, 0) is 9.59 Å². The maximum Gasteiger partial charge on any atom is 0.246 e. The fourth-order valence-electron chi connectivity index (χ4n) is 2.37. The van der Waals surface area contributed by atoms with Crippen LogP contribution in [0.5, 0.6) is 0 Å². The normalized spacial score (nSPS) is 10.3. The van der Waals surface area contributed by atoms with Gasteiger partial charge in [-0.2, -0.15) is 0 Å². The van der Waals surface area contributed by atoms with Gasteiger partial charge in [0.15, 0.2) is 0 Å². The third kappa shape index (κ3) is 15.4. The van der Waals surface area contributed by atoms with Gasteiger partial charge in [0.2, 0.25) is 11.8 Å². The van der Waals surface area contributed by atoms with Crippen molar-refractivity contribution >= 4 is 11.8 Å². The second-order valence-electron chi connectivity index (χ2n) is 6.32. The summed E-state index contributed by atoms with van der Waals surface area (Å²) in [6, 6.07) is 0. The summed E-state index contributed by atoms with van der Waals surface area (Å²) in [6.07, 6.45) is 13.3. The van der Waals surface area contributed by atoms with E-state index in [1.54, 1.807) is 6.92 Å². The van der Waals surface area contributed by atoms with Gasteiger partial charge in [-0.3, -0.25) is 9.59 Å². The van der Waals surface area contributed by atoms with E-state index in [4.69, 9.17) is 0 Å². The van der Waals surface area contributed by atoms with Crippen molar-refractivity contribution in [1.82, 2.24) is 10.6 Å². The van der Waals surface area contributed by atoms with Crippen molar-refractivity contribution in [2.24, 2.45) is 0 Å². The van der Waals surface area contributed by atoms with Crippen molar-refractivity contribution in [1.29, 1.82) is 0 Å². The number of nitrogens with one attached hydrogen (secondary N) is 2. The maximum absolute atomic E-state index is 11.6. The summed E-state index contributed by atoms with van der Waals surface area (Å²) < 4.78 is 0. The van der Waals surface area contributed by atoms with Crippen LogP contribution in [0.3, 0.4) is 0 Å². The lowest BCUT2D eigenvalue weighted by Gasteiger charge is -2.06. The quantitative estimate of drug-likeness (QED) is 0.352. The number of carbonyl (C=O) groups is 2. The highest BCUT2D eigenvalue weighted by Gasteiger charge is 2.03. The molecule has 134 valence electrons. The highest BCUT2D eigenvalue weighted by atomic mass is 16.2. The van der Waals surface area contributed by atoms with Crippen LogP contribution in [-0.4, -0.2) is 24.9 Å². The van der Waals surface area contributed by atoms with Crippen molar-refractivity contribution in [3.63, 3.8) is 0 Å². The van der Waals surface area contributed by atoms with E-state index in [0.717, 1.165) is 13.0 Å². The second-order valence-corrected chi connectivity index (χ2v) is 6.32. The zero-order chi connectivity index (χ0) is 17.3. The Hall–Kier alpha value is -1.32. The molecule has 0 unspecified atom stereocenters. The average molecular weight is 325 g/mol. The Morgan fingerprint density at radius 3 is 1.83 bits per heavy atom. The van der Waals surface area contributed by atoms with E-state index in [0.29, 0.717) is 18.5 Å². The van der Waals surface area contributed by atoms with Crippen LogP contribution < -0.4 is 10.6 Å². The molecule has 0 aromatic carbocycles. The molecule has 4 heteroatoms. The summed E-state index contributed by atoms with van der Waals surface area (Å²) in [6.45, 7) is 8.56. The predicted molar refractivity (Wildman–Crippen MR) is 97.3 cm³/mol. The molecule has 0 aromatic heterocycles. The van der Waals surface area contributed by atoms with E-state index < -0.39 is 0 Å². The smallest absolute Gasteiger partial charge is 0.246 e. The largest absolute Gasteiger partial charge is 0.356 e. The highest BCUT2D eigenvalue weighted by Crippen LogP contribution is 2.10. The van der Waals surface area contributed by atoms with Crippen LogP contribution in [0.15, 0.2) is 12.2 Å². The van der Waals surface area contributed by atoms with E-state index >= 15 is 0 Å². The molecule has 0 aliphatic heterocycles. The van der Waals surface area contributed by atoms with Gasteiger partial charge >= 0.3 is 0 Å². The van der Waals surface area contributed by atoms with Crippen LogP contribution in [0.1, 0.15) is 84.5 Å². The van der Waals surface area contributed by atoms with Crippen molar-refractivity contribution in [3.8, 4) is 0 Å². The number of rotatable bonds is 15. The summed E-state index contributed by atoms with van der Waals surface area (Å²) in [7, 11) is 0. The van der Waals surface area contributed by atoms with Gasteiger partial charge in [0.25, 0.3) is 0 Å². The number of hydrogen-bond acceptors (Lipinski definition) is 2. The van der Waals surface area contributed by atoms with Gasteiger partial charge in [0.1, 0.15) is 0 Å². The van der Waals surface area contributed by atoms with Gasteiger partial charge in [-0.15, -0.1) is 0 Å². The lowest BCUT2D eigenvalue weighted by Crippen LogP contribution is -2.31. The molecule has 0 rings (SSSR count). The van der Waals surface area contributed by atoms with Crippen molar-refractivity contribution in [2.45, 2.75) is 84.5 Å². The molecule has 23 heavy (non-hydrogen) atoms. The molecule has 0 aliphatic rings. The minimum absolute atomic E-state index is 0.00272. The molecule has 0 heterocycles. The van der Waals surface area contributed by atoms with E-state index in [1.807, 2.05) is 0 Å². The number of hydrogen-bond donors (Lipinski definition) is 2. The van der Waals surface area contributed by atoms with Crippen molar-refractivity contribution in [2.75, 3.05) is 13.1 Å². The second kappa shape index (κ2) is 15.6. The van der Waals surface area contributed by atoms with Crippen molar-refractivity contribution < 1.29 is 9.59 Å². The minimum Gasteiger partial charge on any atom is -0.356 e.